The molecule has 0 bridgehead atoms. The van der Waals surface area contributed by atoms with Gasteiger partial charge in [0.2, 0.25) is 0 Å². The molecular weight excluding hydrogens is 387 g/mol. The van der Waals surface area contributed by atoms with Crippen molar-refractivity contribution in [2.75, 3.05) is 19.0 Å². The van der Waals surface area contributed by atoms with Crippen molar-refractivity contribution in [1.29, 1.82) is 0 Å². The summed E-state index contributed by atoms with van der Waals surface area (Å²) in [4.78, 5) is 25.1. The van der Waals surface area contributed by atoms with Crippen molar-refractivity contribution in [2.24, 2.45) is 0 Å². The molecular formula is C23H27FN2O4. The van der Waals surface area contributed by atoms with Gasteiger partial charge in [-0.25, -0.2) is 4.39 Å². The number of rotatable bonds is 6. The smallest absolute Gasteiger partial charge is 0.255 e. The van der Waals surface area contributed by atoms with E-state index in [0.29, 0.717) is 24.1 Å². The van der Waals surface area contributed by atoms with Crippen LogP contribution in [-0.2, 0) is 0 Å². The van der Waals surface area contributed by atoms with Crippen LogP contribution in [0.4, 0.5) is 10.1 Å². The maximum atomic E-state index is 13.9. The number of hydrogen-bond acceptors (Lipinski definition) is 4. The number of nitrogens with one attached hydrogen (secondary N) is 2. The van der Waals surface area contributed by atoms with Crippen LogP contribution in [0.1, 0.15) is 58.4 Å². The van der Waals surface area contributed by atoms with E-state index in [2.05, 4.69) is 10.6 Å². The molecule has 1 fully saturated rings. The lowest BCUT2D eigenvalue weighted by atomic mass is 9.85. The average molecular weight is 414 g/mol. The molecule has 2 aromatic rings. The molecule has 0 atom stereocenters. The Morgan fingerprint density at radius 3 is 2.40 bits per heavy atom. The van der Waals surface area contributed by atoms with Crippen molar-refractivity contribution >= 4 is 17.5 Å². The lowest BCUT2D eigenvalue weighted by Gasteiger charge is -2.32. The van der Waals surface area contributed by atoms with Gasteiger partial charge in [0.05, 0.1) is 12.7 Å². The van der Waals surface area contributed by atoms with Crippen LogP contribution in [0, 0.1) is 12.7 Å². The summed E-state index contributed by atoms with van der Waals surface area (Å²) < 4.78 is 18.8. The summed E-state index contributed by atoms with van der Waals surface area (Å²) in [5, 5.41) is 16.1. The summed E-state index contributed by atoms with van der Waals surface area (Å²) in [7, 11) is 1.35. The van der Waals surface area contributed by atoms with E-state index in [9.17, 15) is 19.1 Å². The largest absolute Gasteiger partial charge is 0.494 e. The van der Waals surface area contributed by atoms with E-state index in [0.717, 1.165) is 30.9 Å². The van der Waals surface area contributed by atoms with Crippen LogP contribution in [0.25, 0.3) is 0 Å². The number of carbonyl (C=O) groups is 2. The van der Waals surface area contributed by atoms with E-state index in [4.69, 9.17) is 4.74 Å². The first-order valence-corrected chi connectivity index (χ1v) is 10.1. The highest BCUT2D eigenvalue weighted by atomic mass is 19.1. The van der Waals surface area contributed by atoms with E-state index in [1.807, 2.05) is 0 Å². The van der Waals surface area contributed by atoms with Crippen LogP contribution < -0.4 is 15.4 Å². The zero-order valence-corrected chi connectivity index (χ0v) is 17.3. The van der Waals surface area contributed by atoms with Crippen LogP contribution >= 0.6 is 0 Å². The van der Waals surface area contributed by atoms with Crippen LogP contribution in [0.5, 0.6) is 5.75 Å². The lowest BCUT2D eigenvalue weighted by Crippen LogP contribution is -2.44. The van der Waals surface area contributed by atoms with Crippen LogP contribution in [-0.4, -0.2) is 36.2 Å². The minimum atomic E-state index is -0.853. The maximum absolute atomic E-state index is 13.9. The Hall–Kier alpha value is -2.93. The number of hydrogen-bond donors (Lipinski definition) is 3. The van der Waals surface area contributed by atoms with E-state index in [-0.39, 0.29) is 23.8 Å². The van der Waals surface area contributed by atoms with E-state index in [1.54, 1.807) is 25.1 Å². The third-order valence-corrected chi connectivity index (χ3v) is 5.52. The number of methoxy groups -OCH3 is 1. The molecule has 0 unspecified atom stereocenters. The summed E-state index contributed by atoms with van der Waals surface area (Å²) in [6, 6.07) is 8.93. The normalized spacial score (nSPS) is 15.3. The fourth-order valence-electron chi connectivity index (χ4n) is 3.63. The van der Waals surface area contributed by atoms with Crippen molar-refractivity contribution in [3.05, 3.63) is 58.9 Å². The number of ether oxygens (including phenoxy) is 1. The van der Waals surface area contributed by atoms with Crippen LogP contribution in [0.2, 0.25) is 0 Å². The van der Waals surface area contributed by atoms with Gasteiger partial charge in [-0.1, -0.05) is 25.3 Å². The zero-order chi connectivity index (χ0) is 21.7. The maximum Gasteiger partial charge on any atom is 0.255 e. The van der Waals surface area contributed by atoms with Crippen molar-refractivity contribution in [1.82, 2.24) is 5.32 Å². The number of anilines is 1. The third kappa shape index (κ3) is 5.16. The Morgan fingerprint density at radius 2 is 1.73 bits per heavy atom. The molecule has 7 heteroatoms. The predicted octanol–water partition coefficient (Wildman–Crippen LogP) is 3.82. The van der Waals surface area contributed by atoms with Gasteiger partial charge < -0.3 is 20.5 Å². The Bertz CT molecular complexity index is 939. The summed E-state index contributed by atoms with van der Waals surface area (Å²) >= 11 is 0. The van der Waals surface area contributed by atoms with Gasteiger partial charge in [-0.2, -0.15) is 0 Å². The molecule has 0 heterocycles. The molecule has 30 heavy (non-hydrogen) atoms. The molecule has 1 aliphatic carbocycles. The predicted molar refractivity (Wildman–Crippen MR) is 112 cm³/mol. The molecule has 1 aliphatic rings. The first-order chi connectivity index (χ1) is 14.3. The minimum Gasteiger partial charge on any atom is -0.494 e. The van der Waals surface area contributed by atoms with Gasteiger partial charge in [-0.05, 0) is 55.7 Å². The summed E-state index contributed by atoms with van der Waals surface area (Å²) in [6.07, 6.45) is 4.38. The molecule has 0 radical (unpaired) electrons. The van der Waals surface area contributed by atoms with Crippen molar-refractivity contribution in [2.45, 2.75) is 44.6 Å². The SMILES string of the molecule is COc1ccc(C(=O)Nc2cc(C(=O)NCC3(O)CCCCC3)ccc2C)cc1F. The average Bonchev–Trinajstić information content (AvgIpc) is 2.74. The second-order valence-corrected chi connectivity index (χ2v) is 7.80. The number of amides is 2. The quantitative estimate of drug-likeness (QED) is 0.671. The standard InChI is InChI=1S/C23H27FN2O4/c1-15-6-7-17(21(27)25-14-23(29)10-4-3-5-11-23)13-19(15)26-22(28)16-8-9-20(30-2)18(24)12-16/h6-9,12-13,29H,3-5,10-11,14H2,1-2H3,(H,25,27)(H,26,28). The van der Waals surface area contributed by atoms with E-state index < -0.39 is 17.3 Å². The number of carbonyl (C=O) groups excluding carboxylic acids is 2. The van der Waals surface area contributed by atoms with Gasteiger partial charge in [0, 0.05) is 23.4 Å². The molecule has 0 saturated heterocycles. The molecule has 0 aliphatic heterocycles. The number of benzene rings is 2. The Morgan fingerprint density at radius 1 is 1.07 bits per heavy atom. The van der Waals surface area contributed by atoms with Crippen LogP contribution in [0.3, 0.4) is 0 Å². The van der Waals surface area contributed by atoms with Crippen molar-refractivity contribution < 1.29 is 23.8 Å². The Labute approximate surface area is 175 Å². The number of aliphatic hydroxyl groups is 1. The van der Waals surface area contributed by atoms with Gasteiger partial charge >= 0.3 is 0 Å². The Balaban J connectivity index is 1.69. The second kappa shape index (κ2) is 9.26. The highest BCUT2D eigenvalue weighted by Gasteiger charge is 2.29. The zero-order valence-electron chi connectivity index (χ0n) is 17.3. The fraction of sp³-hybridized carbons (Fsp3) is 0.391. The monoisotopic (exact) mass is 414 g/mol. The molecule has 0 spiro atoms. The number of halogens is 1. The first kappa shape index (κ1) is 21.8. The number of aryl methyl sites for hydroxylation is 1. The molecule has 3 N–H and O–H groups in total. The molecule has 2 aromatic carbocycles. The van der Waals surface area contributed by atoms with Crippen molar-refractivity contribution in [3.8, 4) is 5.75 Å². The molecule has 0 aromatic heterocycles. The van der Waals surface area contributed by atoms with Gasteiger partial charge in [-0.15, -0.1) is 0 Å². The summed E-state index contributed by atoms with van der Waals surface area (Å²) in [5.41, 5.74) is 0.881. The Kier molecular flexibility index (Phi) is 6.72. The lowest BCUT2D eigenvalue weighted by molar-refractivity contribution is 0.00525. The molecule has 3 rings (SSSR count). The minimum absolute atomic E-state index is 0.0565. The van der Waals surface area contributed by atoms with Gasteiger partial charge in [-0.3, -0.25) is 9.59 Å². The summed E-state index contributed by atoms with van der Waals surface area (Å²) in [6.45, 7) is 2.00. The topological polar surface area (TPSA) is 87.7 Å². The van der Waals surface area contributed by atoms with Gasteiger partial charge in [0.15, 0.2) is 11.6 Å². The summed E-state index contributed by atoms with van der Waals surface area (Å²) in [5.74, 6) is -1.38. The molecule has 160 valence electrons. The highest BCUT2D eigenvalue weighted by molar-refractivity contribution is 6.05. The van der Waals surface area contributed by atoms with Crippen LogP contribution in [0.15, 0.2) is 36.4 Å². The van der Waals surface area contributed by atoms with Crippen molar-refractivity contribution in [3.63, 3.8) is 0 Å². The fourth-order valence-corrected chi connectivity index (χ4v) is 3.63. The van der Waals surface area contributed by atoms with Gasteiger partial charge in [0.25, 0.3) is 11.8 Å². The molecule has 2 amide bonds. The molecule has 6 nitrogen and oxygen atoms in total. The third-order valence-electron chi connectivity index (χ3n) is 5.52. The van der Waals surface area contributed by atoms with E-state index >= 15 is 0 Å². The highest BCUT2D eigenvalue weighted by Crippen LogP contribution is 2.27. The molecule has 1 saturated carbocycles. The first-order valence-electron chi connectivity index (χ1n) is 10.1. The van der Waals surface area contributed by atoms with E-state index in [1.165, 1.54) is 19.2 Å². The second-order valence-electron chi connectivity index (χ2n) is 7.80. The van der Waals surface area contributed by atoms with Gasteiger partial charge in [0.1, 0.15) is 0 Å².